The highest BCUT2D eigenvalue weighted by atomic mass is 16.6. The maximum Gasteiger partial charge on any atom is 0.335 e. The Hall–Kier alpha value is -0.900. The summed E-state index contributed by atoms with van der Waals surface area (Å²) in [6.07, 6.45) is -1.59. The molecule has 0 aliphatic heterocycles. The summed E-state index contributed by atoms with van der Waals surface area (Å²) in [7, 11) is 0. The van der Waals surface area contributed by atoms with Crippen LogP contribution in [0.15, 0.2) is 0 Å². The molecule has 0 aromatic rings. The zero-order valence-corrected chi connectivity index (χ0v) is 7.53. The molecule has 0 fully saturated rings. The second-order valence-electron chi connectivity index (χ2n) is 2.57. The average Bonchev–Trinajstić information content (AvgIpc) is 2.02. The highest BCUT2D eigenvalue weighted by molar-refractivity contribution is 5.85. The molecule has 4 heteroatoms. The monoisotopic (exact) mass is 174 g/mol. The Labute approximate surface area is 71.5 Å². The fourth-order valence-electron chi connectivity index (χ4n) is 0.626. The Balaban J connectivity index is 3.92. The lowest BCUT2D eigenvalue weighted by molar-refractivity contribution is -0.161. The molecule has 0 aromatic carbocycles. The lowest BCUT2D eigenvalue weighted by atomic mass is 10.2. The zero-order valence-electron chi connectivity index (χ0n) is 7.53. The molecule has 0 bridgehead atoms. The molecule has 1 N–H and O–H groups in total. The van der Waals surface area contributed by atoms with Crippen molar-refractivity contribution < 1.29 is 19.4 Å². The number of aliphatic hydroxyl groups excluding tert-OH is 1. The second kappa shape index (κ2) is 4.87. The van der Waals surface area contributed by atoms with E-state index in [4.69, 9.17) is 5.11 Å². The number of aliphatic hydroxyl groups is 1. The molecule has 0 aliphatic carbocycles. The lowest BCUT2D eigenvalue weighted by Gasteiger charge is -2.11. The summed E-state index contributed by atoms with van der Waals surface area (Å²) in [6, 6.07) is 0. The minimum Gasteiger partial charge on any atom is -0.453 e. The van der Waals surface area contributed by atoms with E-state index in [0.717, 1.165) is 0 Å². The van der Waals surface area contributed by atoms with Gasteiger partial charge in [-0.1, -0.05) is 6.92 Å². The van der Waals surface area contributed by atoms with Crippen molar-refractivity contribution >= 4 is 11.8 Å². The van der Waals surface area contributed by atoms with Gasteiger partial charge in [0, 0.05) is 6.42 Å². The summed E-state index contributed by atoms with van der Waals surface area (Å²) in [5.41, 5.74) is 0. The number of ether oxygens (including phenoxy) is 1. The van der Waals surface area contributed by atoms with E-state index >= 15 is 0 Å². The Morgan fingerprint density at radius 3 is 2.25 bits per heavy atom. The first-order valence-electron chi connectivity index (χ1n) is 3.90. The summed E-state index contributed by atoms with van der Waals surface area (Å²) in [5, 5.41) is 8.74. The molecular formula is C8H14O4. The third-order valence-corrected chi connectivity index (χ3v) is 1.44. The first kappa shape index (κ1) is 11.1. The fraction of sp³-hybridized carbons (Fsp3) is 0.750. The molecule has 0 aliphatic rings. The van der Waals surface area contributed by atoms with Crippen LogP contribution in [0.1, 0.15) is 27.2 Å². The van der Waals surface area contributed by atoms with Gasteiger partial charge in [-0.05, 0) is 13.8 Å². The molecule has 0 heterocycles. The van der Waals surface area contributed by atoms with Gasteiger partial charge in [0.25, 0.3) is 0 Å². The Bertz CT molecular complexity index is 174. The number of hydrogen-bond donors (Lipinski definition) is 1. The average molecular weight is 174 g/mol. The predicted octanol–water partition coefficient (Wildman–Crippen LogP) is 0.278. The van der Waals surface area contributed by atoms with Crippen LogP contribution in [0.5, 0.6) is 0 Å². The van der Waals surface area contributed by atoms with Crippen molar-refractivity contribution in [3.63, 3.8) is 0 Å². The molecule has 0 spiro atoms. The molecule has 0 aromatic heterocycles. The molecule has 0 amide bonds. The number of ketones is 1. The van der Waals surface area contributed by atoms with Crippen LogP contribution < -0.4 is 0 Å². The second-order valence-corrected chi connectivity index (χ2v) is 2.57. The molecule has 0 rings (SSSR count). The van der Waals surface area contributed by atoms with Crippen LogP contribution in [-0.2, 0) is 14.3 Å². The maximum atomic E-state index is 10.9. The van der Waals surface area contributed by atoms with Crippen LogP contribution in [0.3, 0.4) is 0 Å². The number of Topliss-reactive ketones (excluding diaryl/α,β-unsaturated/α-hetero) is 1. The van der Waals surface area contributed by atoms with Crippen LogP contribution in [0.4, 0.5) is 0 Å². The zero-order chi connectivity index (χ0) is 9.72. The first-order valence-corrected chi connectivity index (χ1v) is 3.90. The molecule has 4 nitrogen and oxygen atoms in total. The van der Waals surface area contributed by atoms with Gasteiger partial charge in [0.15, 0.2) is 11.9 Å². The van der Waals surface area contributed by atoms with Crippen molar-refractivity contribution in [1.82, 2.24) is 0 Å². The van der Waals surface area contributed by atoms with Gasteiger partial charge in [0.05, 0.1) is 0 Å². The minimum atomic E-state index is -1.17. The highest BCUT2D eigenvalue weighted by Crippen LogP contribution is 1.98. The van der Waals surface area contributed by atoms with E-state index in [-0.39, 0.29) is 5.78 Å². The number of rotatable bonds is 4. The van der Waals surface area contributed by atoms with E-state index in [1.807, 2.05) is 0 Å². The van der Waals surface area contributed by atoms with Crippen molar-refractivity contribution in [3.8, 4) is 0 Å². The topological polar surface area (TPSA) is 63.6 Å². The van der Waals surface area contributed by atoms with E-state index in [9.17, 15) is 9.59 Å². The summed E-state index contributed by atoms with van der Waals surface area (Å²) in [6.45, 7) is 4.48. The van der Waals surface area contributed by atoms with Crippen LogP contribution in [0.2, 0.25) is 0 Å². The predicted molar refractivity (Wildman–Crippen MR) is 42.5 cm³/mol. The molecule has 0 saturated heterocycles. The van der Waals surface area contributed by atoms with Crippen LogP contribution in [-0.4, -0.2) is 29.1 Å². The van der Waals surface area contributed by atoms with Crippen molar-refractivity contribution in [2.45, 2.75) is 39.4 Å². The van der Waals surface area contributed by atoms with Crippen LogP contribution in [0.25, 0.3) is 0 Å². The molecule has 70 valence electrons. The van der Waals surface area contributed by atoms with Gasteiger partial charge in [-0.25, -0.2) is 4.79 Å². The fourth-order valence-corrected chi connectivity index (χ4v) is 0.626. The van der Waals surface area contributed by atoms with Gasteiger partial charge in [-0.2, -0.15) is 0 Å². The lowest BCUT2D eigenvalue weighted by Crippen LogP contribution is -2.28. The minimum absolute atomic E-state index is 0.149. The summed E-state index contributed by atoms with van der Waals surface area (Å²) in [5.74, 6) is -0.909. The van der Waals surface area contributed by atoms with Gasteiger partial charge in [-0.3, -0.25) is 4.79 Å². The summed E-state index contributed by atoms with van der Waals surface area (Å²) >= 11 is 0. The molecule has 12 heavy (non-hydrogen) atoms. The number of carbonyl (C=O) groups is 2. The number of hydrogen-bond acceptors (Lipinski definition) is 4. The molecule has 2 atom stereocenters. The number of esters is 1. The van der Waals surface area contributed by atoms with Gasteiger partial charge >= 0.3 is 5.97 Å². The van der Waals surface area contributed by atoms with Crippen molar-refractivity contribution in [2.75, 3.05) is 0 Å². The molecule has 0 saturated carbocycles. The smallest absolute Gasteiger partial charge is 0.335 e. The van der Waals surface area contributed by atoms with Gasteiger partial charge < -0.3 is 9.84 Å². The first-order chi connectivity index (χ1) is 5.49. The van der Waals surface area contributed by atoms with Crippen molar-refractivity contribution in [3.05, 3.63) is 0 Å². The third-order valence-electron chi connectivity index (χ3n) is 1.44. The summed E-state index contributed by atoms with van der Waals surface area (Å²) < 4.78 is 4.63. The molecule has 0 radical (unpaired) electrons. The van der Waals surface area contributed by atoms with Crippen molar-refractivity contribution in [1.29, 1.82) is 0 Å². The molecular weight excluding hydrogens is 160 g/mol. The van der Waals surface area contributed by atoms with E-state index in [2.05, 4.69) is 4.74 Å². The van der Waals surface area contributed by atoms with E-state index < -0.39 is 18.2 Å². The highest BCUT2D eigenvalue weighted by Gasteiger charge is 2.18. The van der Waals surface area contributed by atoms with Gasteiger partial charge in [-0.15, -0.1) is 0 Å². The largest absolute Gasteiger partial charge is 0.453 e. The maximum absolute atomic E-state index is 10.9. The quantitative estimate of drug-likeness (QED) is 0.622. The van der Waals surface area contributed by atoms with Gasteiger partial charge in [0.2, 0.25) is 0 Å². The van der Waals surface area contributed by atoms with E-state index in [1.165, 1.54) is 13.8 Å². The Kier molecular flexibility index (Phi) is 4.51. The van der Waals surface area contributed by atoms with E-state index in [0.29, 0.717) is 6.42 Å². The van der Waals surface area contributed by atoms with E-state index in [1.54, 1.807) is 6.92 Å². The summed E-state index contributed by atoms with van der Waals surface area (Å²) in [4.78, 5) is 21.7. The Morgan fingerprint density at radius 2 is 1.92 bits per heavy atom. The third kappa shape index (κ3) is 3.48. The SMILES string of the molecule is CCC(=O)[C@@H](C)OC(=O)[C@H](C)O. The normalized spacial score (nSPS) is 15.0. The molecule has 0 unspecified atom stereocenters. The van der Waals surface area contributed by atoms with Crippen LogP contribution >= 0.6 is 0 Å². The standard InChI is InChI=1S/C8H14O4/c1-4-7(10)6(3)12-8(11)5(2)9/h5-6,9H,4H2,1-3H3/t5-,6+/m0/s1. The Morgan fingerprint density at radius 1 is 1.42 bits per heavy atom. The van der Waals surface area contributed by atoms with Crippen molar-refractivity contribution in [2.24, 2.45) is 0 Å². The van der Waals surface area contributed by atoms with Crippen LogP contribution in [0, 0.1) is 0 Å². The number of carbonyl (C=O) groups excluding carboxylic acids is 2. The van der Waals surface area contributed by atoms with Gasteiger partial charge in [0.1, 0.15) is 6.10 Å².